The Hall–Kier alpha value is -1.35. The van der Waals surface area contributed by atoms with Crippen molar-refractivity contribution in [1.82, 2.24) is 0 Å². The van der Waals surface area contributed by atoms with E-state index in [-0.39, 0.29) is 18.4 Å². The largest absolute Gasteiger partial charge is 0.392 e. The summed E-state index contributed by atoms with van der Waals surface area (Å²) in [6.45, 7) is 3.67. The predicted molar refractivity (Wildman–Crippen MR) is 55.8 cm³/mol. The highest BCUT2D eigenvalue weighted by atomic mass is 16.3. The van der Waals surface area contributed by atoms with Crippen molar-refractivity contribution in [2.45, 2.75) is 20.5 Å². The number of benzene rings is 1. The first-order valence-electron chi connectivity index (χ1n) is 4.64. The maximum absolute atomic E-state index is 11.3. The minimum atomic E-state index is -0.0345. The van der Waals surface area contributed by atoms with Gasteiger partial charge in [-0.05, 0) is 17.7 Å². The lowest BCUT2D eigenvalue weighted by Crippen LogP contribution is -2.17. The Morgan fingerprint density at radius 3 is 2.79 bits per heavy atom. The highest BCUT2D eigenvalue weighted by molar-refractivity contribution is 5.92. The van der Waals surface area contributed by atoms with Crippen LogP contribution in [0.3, 0.4) is 0 Å². The Balaban J connectivity index is 2.72. The smallest absolute Gasteiger partial charge is 0.226 e. The number of aliphatic hydroxyl groups excluding tert-OH is 1. The van der Waals surface area contributed by atoms with Crippen LogP contribution in [0.2, 0.25) is 0 Å². The lowest BCUT2D eigenvalue weighted by Gasteiger charge is -2.08. The van der Waals surface area contributed by atoms with Crippen molar-refractivity contribution in [2.24, 2.45) is 5.92 Å². The van der Waals surface area contributed by atoms with E-state index in [9.17, 15) is 4.79 Å². The number of amides is 1. The summed E-state index contributed by atoms with van der Waals surface area (Å²) < 4.78 is 0. The number of nitrogens with one attached hydrogen (secondary N) is 1. The van der Waals surface area contributed by atoms with Gasteiger partial charge in [-0.2, -0.15) is 0 Å². The number of carbonyl (C=O) groups excluding carboxylic acids is 1. The molecule has 0 saturated carbocycles. The molecule has 0 aliphatic rings. The number of anilines is 1. The van der Waals surface area contributed by atoms with Gasteiger partial charge in [0.05, 0.1) is 6.61 Å². The minimum absolute atomic E-state index is 0.00854. The van der Waals surface area contributed by atoms with Crippen LogP contribution in [-0.2, 0) is 11.4 Å². The maximum atomic E-state index is 11.3. The van der Waals surface area contributed by atoms with Crippen molar-refractivity contribution in [2.75, 3.05) is 5.32 Å². The topological polar surface area (TPSA) is 49.3 Å². The molecular weight excluding hydrogens is 178 g/mol. The number of rotatable bonds is 3. The van der Waals surface area contributed by atoms with Gasteiger partial charge in [0.25, 0.3) is 0 Å². The molecule has 0 heterocycles. The Morgan fingerprint density at radius 1 is 1.50 bits per heavy atom. The van der Waals surface area contributed by atoms with Gasteiger partial charge < -0.3 is 10.4 Å². The van der Waals surface area contributed by atoms with Gasteiger partial charge in [0.15, 0.2) is 0 Å². The van der Waals surface area contributed by atoms with Crippen LogP contribution in [-0.4, -0.2) is 11.0 Å². The van der Waals surface area contributed by atoms with E-state index in [0.29, 0.717) is 0 Å². The molecule has 0 aliphatic heterocycles. The van der Waals surface area contributed by atoms with Crippen molar-refractivity contribution in [1.29, 1.82) is 0 Å². The fourth-order valence-electron chi connectivity index (χ4n) is 1.03. The van der Waals surface area contributed by atoms with E-state index in [1.165, 1.54) is 0 Å². The first kappa shape index (κ1) is 10.7. The first-order valence-corrected chi connectivity index (χ1v) is 4.64. The van der Waals surface area contributed by atoms with E-state index >= 15 is 0 Å². The van der Waals surface area contributed by atoms with Gasteiger partial charge in [-0.15, -0.1) is 0 Å². The van der Waals surface area contributed by atoms with Gasteiger partial charge in [0.2, 0.25) is 5.91 Å². The van der Waals surface area contributed by atoms with Gasteiger partial charge in [-0.3, -0.25) is 4.79 Å². The van der Waals surface area contributed by atoms with Crippen molar-refractivity contribution >= 4 is 11.6 Å². The third-order valence-corrected chi connectivity index (χ3v) is 1.90. The Morgan fingerprint density at radius 2 is 2.21 bits per heavy atom. The van der Waals surface area contributed by atoms with Crippen LogP contribution in [0.25, 0.3) is 0 Å². The molecule has 76 valence electrons. The van der Waals surface area contributed by atoms with Crippen LogP contribution in [0.5, 0.6) is 0 Å². The molecule has 1 amide bonds. The second kappa shape index (κ2) is 4.77. The van der Waals surface area contributed by atoms with E-state index in [1.54, 1.807) is 12.1 Å². The van der Waals surface area contributed by atoms with Crippen LogP contribution in [0.15, 0.2) is 24.3 Å². The summed E-state index contributed by atoms with van der Waals surface area (Å²) in [6, 6.07) is 7.19. The monoisotopic (exact) mass is 193 g/mol. The van der Waals surface area contributed by atoms with E-state index in [0.717, 1.165) is 11.3 Å². The molecule has 0 aliphatic carbocycles. The standard InChI is InChI=1S/C11H15NO2/c1-8(2)11(14)12-10-5-3-4-9(6-10)7-13/h3-6,8,13H,7H2,1-2H3,(H,12,14). The zero-order valence-electron chi connectivity index (χ0n) is 8.45. The third-order valence-electron chi connectivity index (χ3n) is 1.90. The van der Waals surface area contributed by atoms with Crippen molar-refractivity contribution in [3.05, 3.63) is 29.8 Å². The summed E-state index contributed by atoms with van der Waals surface area (Å²) in [5, 5.41) is 11.7. The molecule has 2 N–H and O–H groups in total. The molecular formula is C11H15NO2. The predicted octanol–water partition coefficient (Wildman–Crippen LogP) is 1.77. The summed E-state index contributed by atoms with van der Waals surface area (Å²) in [4.78, 5) is 11.3. The Bertz CT molecular complexity index is 321. The number of aliphatic hydroxyl groups is 1. The SMILES string of the molecule is CC(C)C(=O)Nc1cccc(CO)c1. The minimum Gasteiger partial charge on any atom is -0.392 e. The van der Waals surface area contributed by atoms with E-state index in [2.05, 4.69) is 5.32 Å². The molecule has 3 nitrogen and oxygen atoms in total. The van der Waals surface area contributed by atoms with Gasteiger partial charge in [-0.25, -0.2) is 0 Å². The summed E-state index contributed by atoms with van der Waals surface area (Å²) in [7, 11) is 0. The van der Waals surface area contributed by atoms with Crippen LogP contribution in [0.4, 0.5) is 5.69 Å². The summed E-state index contributed by atoms with van der Waals surface area (Å²) in [6.07, 6.45) is 0. The third kappa shape index (κ3) is 2.85. The average Bonchev–Trinajstić information content (AvgIpc) is 2.18. The molecule has 3 heteroatoms. The van der Waals surface area contributed by atoms with Gasteiger partial charge >= 0.3 is 0 Å². The Labute approximate surface area is 83.8 Å². The fraction of sp³-hybridized carbons (Fsp3) is 0.364. The van der Waals surface area contributed by atoms with E-state index in [4.69, 9.17) is 5.11 Å². The van der Waals surface area contributed by atoms with E-state index < -0.39 is 0 Å². The molecule has 0 radical (unpaired) electrons. The Kier molecular flexibility index (Phi) is 3.65. The fourth-order valence-corrected chi connectivity index (χ4v) is 1.03. The molecule has 1 rings (SSSR count). The van der Waals surface area contributed by atoms with Crippen LogP contribution < -0.4 is 5.32 Å². The summed E-state index contributed by atoms with van der Waals surface area (Å²) in [5.74, 6) is -0.0483. The second-order valence-electron chi connectivity index (χ2n) is 3.50. The molecule has 0 fully saturated rings. The molecule has 14 heavy (non-hydrogen) atoms. The average molecular weight is 193 g/mol. The summed E-state index contributed by atoms with van der Waals surface area (Å²) in [5.41, 5.74) is 1.53. The van der Waals surface area contributed by atoms with Gasteiger partial charge in [-0.1, -0.05) is 26.0 Å². The lowest BCUT2D eigenvalue weighted by atomic mass is 10.2. The highest BCUT2D eigenvalue weighted by Gasteiger charge is 2.06. The van der Waals surface area contributed by atoms with Crippen LogP contribution in [0, 0.1) is 5.92 Å². The molecule has 1 aromatic rings. The molecule has 0 bridgehead atoms. The van der Waals surface area contributed by atoms with Crippen molar-refractivity contribution in [3.8, 4) is 0 Å². The normalized spacial score (nSPS) is 10.3. The molecule has 0 unspecified atom stereocenters. The molecule has 1 aromatic carbocycles. The number of hydrogen-bond acceptors (Lipinski definition) is 2. The van der Waals surface area contributed by atoms with Gasteiger partial charge in [0, 0.05) is 11.6 Å². The second-order valence-corrected chi connectivity index (χ2v) is 3.50. The van der Waals surface area contributed by atoms with Crippen molar-refractivity contribution in [3.63, 3.8) is 0 Å². The van der Waals surface area contributed by atoms with Gasteiger partial charge in [0.1, 0.15) is 0 Å². The first-order chi connectivity index (χ1) is 6.63. The van der Waals surface area contributed by atoms with Crippen LogP contribution >= 0.6 is 0 Å². The lowest BCUT2D eigenvalue weighted by molar-refractivity contribution is -0.118. The zero-order valence-corrected chi connectivity index (χ0v) is 8.45. The summed E-state index contributed by atoms with van der Waals surface area (Å²) >= 11 is 0. The maximum Gasteiger partial charge on any atom is 0.226 e. The number of carbonyl (C=O) groups is 1. The molecule has 0 saturated heterocycles. The zero-order chi connectivity index (χ0) is 10.6. The molecule has 0 spiro atoms. The molecule has 0 atom stereocenters. The van der Waals surface area contributed by atoms with E-state index in [1.807, 2.05) is 26.0 Å². The quantitative estimate of drug-likeness (QED) is 0.768. The molecule has 0 aromatic heterocycles. The number of hydrogen-bond donors (Lipinski definition) is 2. The highest BCUT2D eigenvalue weighted by Crippen LogP contribution is 2.11. The van der Waals surface area contributed by atoms with Crippen LogP contribution in [0.1, 0.15) is 19.4 Å². The van der Waals surface area contributed by atoms with Crippen molar-refractivity contribution < 1.29 is 9.90 Å².